The molecule has 1 aromatic rings. The molecule has 0 spiro atoms. The molecule has 0 aliphatic heterocycles. The van der Waals surface area contributed by atoms with Crippen LogP contribution in [0.3, 0.4) is 0 Å². The first-order valence-electron chi connectivity index (χ1n) is 6.28. The van der Waals surface area contributed by atoms with Crippen LogP contribution in [0, 0.1) is 0 Å². The van der Waals surface area contributed by atoms with Gasteiger partial charge >= 0.3 is 0 Å². The SMILES string of the molecule is CCNCc1coc(COCCOCCOC)c1. The van der Waals surface area contributed by atoms with Crippen LogP contribution in [-0.2, 0) is 27.4 Å². The van der Waals surface area contributed by atoms with Crippen molar-refractivity contribution in [1.82, 2.24) is 5.32 Å². The summed E-state index contributed by atoms with van der Waals surface area (Å²) < 4.78 is 21.0. The summed E-state index contributed by atoms with van der Waals surface area (Å²) in [4.78, 5) is 0. The molecule has 0 amide bonds. The molecular weight excluding hydrogens is 234 g/mol. The van der Waals surface area contributed by atoms with Crippen molar-refractivity contribution < 1.29 is 18.6 Å². The number of hydrogen-bond acceptors (Lipinski definition) is 5. The van der Waals surface area contributed by atoms with Crippen LogP contribution in [0.2, 0.25) is 0 Å². The zero-order valence-corrected chi connectivity index (χ0v) is 11.2. The third kappa shape index (κ3) is 6.76. The number of nitrogens with one attached hydrogen (secondary N) is 1. The molecule has 0 aliphatic rings. The number of furan rings is 1. The lowest BCUT2D eigenvalue weighted by molar-refractivity contribution is 0.0162. The Hall–Kier alpha value is -0.880. The topological polar surface area (TPSA) is 52.9 Å². The summed E-state index contributed by atoms with van der Waals surface area (Å²) in [6, 6.07) is 2.01. The van der Waals surface area contributed by atoms with Gasteiger partial charge < -0.3 is 23.9 Å². The summed E-state index contributed by atoms with van der Waals surface area (Å²) in [5.74, 6) is 0.847. The molecule has 1 rings (SSSR count). The minimum atomic E-state index is 0.486. The van der Waals surface area contributed by atoms with Crippen LogP contribution in [-0.4, -0.2) is 40.1 Å². The van der Waals surface area contributed by atoms with Crippen molar-refractivity contribution in [3.05, 3.63) is 23.7 Å². The Morgan fingerprint density at radius 1 is 1.17 bits per heavy atom. The van der Waals surface area contributed by atoms with Crippen LogP contribution in [0.15, 0.2) is 16.7 Å². The summed E-state index contributed by atoms with van der Waals surface area (Å²) in [6.07, 6.45) is 1.76. The maximum absolute atomic E-state index is 5.44. The molecule has 18 heavy (non-hydrogen) atoms. The Bertz CT molecular complexity index is 301. The molecule has 1 N–H and O–H groups in total. The van der Waals surface area contributed by atoms with Gasteiger partial charge in [-0.3, -0.25) is 0 Å². The summed E-state index contributed by atoms with van der Waals surface area (Å²) in [5.41, 5.74) is 1.15. The van der Waals surface area contributed by atoms with Crippen LogP contribution in [0.25, 0.3) is 0 Å². The van der Waals surface area contributed by atoms with Crippen LogP contribution >= 0.6 is 0 Å². The average Bonchev–Trinajstić information content (AvgIpc) is 2.83. The molecule has 0 saturated heterocycles. The second kappa shape index (κ2) is 10.1. The zero-order valence-electron chi connectivity index (χ0n) is 11.2. The highest BCUT2D eigenvalue weighted by Gasteiger charge is 2.01. The first-order chi connectivity index (χ1) is 8.86. The van der Waals surface area contributed by atoms with E-state index in [2.05, 4.69) is 12.2 Å². The van der Waals surface area contributed by atoms with Crippen LogP contribution < -0.4 is 5.32 Å². The van der Waals surface area contributed by atoms with Gasteiger partial charge in [0.05, 0.1) is 32.7 Å². The Morgan fingerprint density at radius 2 is 1.94 bits per heavy atom. The van der Waals surface area contributed by atoms with Crippen LogP contribution in [0.1, 0.15) is 18.2 Å². The molecule has 0 saturated carbocycles. The van der Waals surface area contributed by atoms with E-state index in [0.29, 0.717) is 33.0 Å². The molecule has 5 heteroatoms. The molecule has 1 aromatic heterocycles. The summed E-state index contributed by atoms with van der Waals surface area (Å²) in [5, 5.41) is 3.24. The first-order valence-corrected chi connectivity index (χ1v) is 6.28. The Labute approximate surface area is 108 Å². The highest BCUT2D eigenvalue weighted by molar-refractivity contribution is 5.11. The van der Waals surface area contributed by atoms with Crippen molar-refractivity contribution in [3.8, 4) is 0 Å². The van der Waals surface area contributed by atoms with Crippen molar-refractivity contribution in [2.75, 3.05) is 40.1 Å². The van der Waals surface area contributed by atoms with E-state index < -0.39 is 0 Å². The number of hydrogen-bond donors (Lipinski definition) is 1. The van der Waals surface area contributed by atoms with E-state index in [-0.39, 0.29) is 0 Å². The Kier molecular flexibility index (Phi) is 8.50. The van der Waals surface area contributed by atoms with Crippen molar-refractivity contribution >= 4 is 0 Å². The van der Waals surface area contributed by atoms with Crippen molar-refractivity contribution in [3.63, 3.8) is 0 Å². The molecule has 0 bridgehead atoms. The minimum absolute atomic E-state index is 0.486. The van der Waals surface area contributed by atoms with Crippen LogP contribution in [0.5, 0.6) is 0 Å². The van der Waals surface area contributed by atoms with E-state index in [4.69, 9.17) is 18.6 Å². The Balaban J connectivity index is 2.03. The van der Waals surface area contributed by atoms with Crippen molar-refractivity contribution in [2.45, 2.75) is 20.1 Å². The highest BCUT2D eigenvalue weighted by Crippen LogP contribution is 2.08. The lowest BCUT2D eigenvalue weighted by atomic mass is 10.3. The minimum Gasteiger partial charge on any atom is -0.467 e. The van der Waals surface area contributed by atoms with E-state index in [0.717, 1.165) is 24.4 Å². The largest absolute Gasteiger partial charge is 0.467 e. The molecule has 0 radical (unpaired) electrons. The number of methoxy groups -OCH3 is 1. The fourth-order valence-electron chi connectivity index (χ4n) is 1.40. The molecule has 0 fully saturated rings. The lowest BCUT2D eigenvalue weighted by Crippen LogP contribution is -2.10. The quantitative estimate of drug-likeness (QED) is 0.610. The van der Waals surface area contributed by atoms with Gasteiger partial charge in [-0.1, -0.05) is 6.92 Å². The van der Waals surface area contributed by atoms with Gasteiger partial charge in [0, 0.05) is 19.2 Å². The Morgan fingerprint density at radius 3 is 2.72 bits per heavy atom. The third-order valence-electron chi connectivity index (χ3n) is 2.34. The third-order valence-corrected chi connectivity index (χ3v) is 2.34. The average molecular weight is 257 g/mol. The van der Waals surface area contributed by atoms with Gasteiger partial charge in [-0.15, -0.1) is 0 Å². The fraction of sp³-hybridized carbons (Fsp3) is 0.692. The second-order valence-corrected chi connectivity index (χ2v) is 3.86. The fourth-order valence-corrected chi connectivity index (χ4v) is 1.40. The van der Waals surface area contributed by atoms with E-state index in [9.17, 15) is 0 Å². The van der Waals surface area contributed by atoms with E-state index in [1.54, 1.807) is 13.4 Å². The van der Waals surface area contributed by atoms with Gasteiger partial charge in [0.25, 0.3) is 0 Å². The molecule has 5 nitrogen and oxygen atoms in total. The van der Waals surface area contributed by atoms with Gasteiger partial charge in [-0.25, -0.2) is 0 Å². The first kappa shape index (κ1) is 15.2. The maximum Gasteiger partial charge on any atom is 0.129 e. The predicted octanol–water partition coefficient (Wildman–Crippen LogP) is 1.57. The van der Waals surface area contributed by atoms with Crippen molar-refractivity contribution in [2.24, 2.45) is 0 Å². The molecule has 0 atom stereocenters. The standard InChI is InChI=1S/C13H23NO4/c1-3-14-9-12-8-13(18-10-12)11-17-7-6-16-5-4-15-2/h8,10,14H,3-7,9,11H2,1-2H3. The summed E-state index contributed by atoms with van der Waals surface area (Å²) >= 11 is 0. The van der Waals surface area contributed by atoms with Gasteiger partial charge in [-0.2, -0.15) is 0 Å². The van der Waals surface area contributed by atoms with E-state index in [1.807, 2.05) is 6.07 Å². The smallest absolute Gasteiger partial charge is 0.129 e. The summed E-state index contributed by atoms with van der Waals surface area (Å²) in [7, 11) is 1.65. The van der Waals surface area contributed by atoms with Gasteiger partial charge in [0.15, 0.2) is 0 Å². The molecule has 1 heterocycles. The van der Waals surface area contributed by atoms with Crippen LogP contribution in [0.4, 0.5) is 0 Å². The molecular formula is C13H23NO4. The lowest BCUT2D eigenvalue weighted by Gasteiger charge is -2.03. The molecule has 104 valence electrons. The normalized spacial score (nSPS) is 11.0. The predicted molar refractivity (Wildman–Crippen MR) is 68.4 cm³/mol. The van der Waals surface area contributed by atoms with E-state index >= 15 is 0 Å². The summed E-state index contributed by atoms with van der Waals surface area (Å²) in [6.45, 7) is 6.71. The van der Waals surface area contributed by atoms with Gasteiger partial charge in [0.1, 0.15) is 12.4 Å². The molecule has 0 aromatic carbocycles. The van der Waals surface area contributed by atoms with Gasteiger partial charge in [0.2, 0.25) is 0 Å². The second-order valence-electron chi connectivity index (χ2n) is 3.86. The molecule has 0 aliphatic carbocycles. The number of rotatable bonds is 11. The zero-order chi connectivity index (χ0) is 13.1. The van der Waals surface area contributed by atoms with Crippen molar-refractivity contribution in [1.29, 1.82) is 0 Å². The highest BCUT2D eigenvalue weighted by atomic mass is 16.5. The monoisotopic (exact) mass is 257 g/mol. The number of ether oxygens (including phenoxy) is 3. The molecule has 0 unspecified atom stereocenters. The maximum atomic E-state index is 5.44. The van der Waals surface area contributed by atoms with Gasteiger partial charge in [-0.05, 0) is 12.6 Å². The van der Waals surface area contributed by atoms with E-state index in [1.165, 1.54) is 0 Å².